The molecule has 1 saturated carbocycles. The first kappa shape index (κ1) is 12.8. The van der Waals surface area contributed by atoms with Crippen molar-refractivity contribution in [2.45, 2.75) is 38.1 Å². The van der Waals surface area contributed by atoms with Gasteiger partial charge in [0.15, 0.2) is 0 Å². The van der Waals surface area contributed by atoms with E-state index in [1.165, 1.54) is 12.6 Å². The molecule has 20 heavy (non-hydrogen) atoms. The molecule has 0 aliphatic heterocycles. The van der Waals surface area contributed by atoms with Crippen molar-refractivity contribution in [3.05, 3.63) is 40.3 Å². The van der Waals surface area contributed by atoms with Gasteiger partial charge in [0, 0.05) is 18.4 Å². The minimum atomic E-state index is -0.288. The average Bonchev–Trinajstić information content (AvgIpc) is 2.49. The zero-order valence-corrected chi connectivity index (χ0v) is 11.2. The molecule has 0 spiro atoms. The summed E-state index contributed by atoms with van der Waals surface area (Å²) in [7, 11) is 0. The lowest BCUT2D eigenvalue weighted by molar-refractivity contribution is 0.0926. The summed E-state index contributed by atoms with van der Waals surface area (Å²) in [6, 6.07) is 3.57. The molecule has 2 heterocycles. The third-order valence-electron chi connectivity index (χ3n) is 3.84. The smallest absolute Gasteiger partial charge is 0.256 e. The summed E-state index contributed by atoms with van der Waals surface area (Å²) in [5, 5.41) is 3.41. The molecule has 104 valence electrons. The van der Waals surface area contributed by atoms with Gasteiger partial charge in [0.25, 0.3) is 5.91 Å². The summed E-state index contributed by atoms with van der Waals surface area (Å²) < 4.78 is 0. The first-order valence-corrected chi connectivity index (χ1v) is 7.03. The molecule has 2 aromatic heterocycles. The van der Waals surface area contributed by atoms with E-state index in [1.807, 2.05) is 0 Å². The second-order valence-electron chi connectivity index (χ2n) is 5.24. The van der Waals surface area contributed by atoms with Crippen LogP contribution in [0.1, 0.15) is 42.5 Å². The van der Waals surface area contributed by atoms with Crippen molar-refractivity contribution in [2.75, 3.05) is 0 Å². The van der Waals surface area contributed by atoms with E-state index in [-0.39, 0.29) is 22.9 Å². The number of nitrogens with zero attached hydrogens (tertiary/aromatic N) is 1. The second kappa shape index (κ2) is 5.45. The maximum atomic E-state index is 12.3. The second-order valence-corrected chi connectivity index (χ2v) is 5.24. The molecule has 0 unspecified atom stereocenters. The molecule has 0 aromatic carbocycles. The van der Waals surface area contributed by atoms with E-state index in [2.05, 4.69) is 15.3 Å². The summed E-state index contributed by atoms with van der Waals surface area (Å²) in [6.07, 6.45) is 8.58. The number of H-pyrrole nitrogens is 1. The van der Waals surface area contributed by atoms with Gasteiger partial charge in [0.05, 0.1) is 5.39 Å². The van der Waals surface area contributed by atoms with E-state index >= 15 is 0 Å². The van der Waals surface area contributed by atoms with E-state index in [0.717, 1.165) is 25.7 Å². The lowest BCUT2D eigenvalue weighted by Crippen LogP contribution is -2.38. The Hall–Kier alpha value is -2.17. The predicted molar refractivity (Wildman–Crippen MR) is 76.7 cm³/mol. The fourth-order valence-corrected chi connectivity index (χ4v) is 2.73. The van der Waals surface area contributed by atoms with Crippen LogP contribution in [-0.4, -0.2) is 21.9 Å². The highest BCUT2D eigenvalue weighted by Crippen LogP contribution is 2.17. The van der Waals surface area contributed by atoms with Gasteiger partial charge in [-0.2, -0.15) is 0 Å². The molecule has 0 bridgehead atoms. The number of amides is 1. The molecular weight excluding hydrogens is 254 g/mol. The fourth-order valence-electron chi connectivity index (χ4n) is 2.73. The van der Waals surface area contributed by atoms with Crippen LogP contribution in [0, 0.1) is 0 Å². The average molecular weight is 271 g/mol. The molecule has 0 saturated heterocycles. The highest BCUT2D eigenvalue weighted by atomic mass is 16.2. The number of aromatic amines is 1. The van der Waals surface area contributed by atoms with Crippen LogP contribution in [0.15, 0.2) is 29.3 Å². The maximum Gasteiger partial charge on any atom is 0.256 e. The number of pyridine rings is 2. The van der Waals surface area contributed by atoms with Crippen LogP contribution in [-0.2, 0) is 0 Å². The van der Waals surface area contributed by atoms with Crippen molar-refractivity contribution in [1.29, 1.82) is 0 Å². The number of rotatable bonds is 2. The molecule has 3 rings (SSSR count). The molecule has 0 radical (unpaired) electrons. The SMILES string of the molecule is O=C(NC1CCCCC1)c1c[nH]c2ncccc2c1=O. The number of nitrogens with one attached hydrogen (secondary N) is 2. The Bertz CT molecular complexity index is 687. The van der Waals surface area contributed by atoms with Crippen LogP contribution in [0.2, 0.25) is 0 Å². The normalized spacial score (nSPS) is 16.2. The quantitative estimate of drug-likeness (QED) is 0.877. The lowest BCUT2D eigenvalue weighted by atomic mass is 9.95. The van der Waals surface area contributed by atoms with E-state index < -0.39 is 0 Å². The van der Waals surface area contributed by atoms with Crippen molar-refractivity contribution in [3.63, 3.8) is 0 Å². The third-order valence-corrected chi connectivity index (χ3v) is 3.84. The number of fused-ring (bicyclic) bond motifs is 1. The van der Waals surface area contributed by atoms with Gasteiger partial charge in [-0.3, -0.25) is 9.59 Å². The number of hydrogen-bond donors (Lipinski definition) is 2. The summed E-state index contributed by atoms with van der Waals surface area (Å²) in [5.41, 5.74) is 0.406. The Labute approximate surface area is 116 Å². The van der Waals surface area contributed by atoms with E-state index in [9.17, 15) is 9.59 Å². The first-order chi connectivity index (χ1) is 9.75. The molecular formula is C15H17N3O2. The molecule has 2 N–H and O–H groups in total. The maximum absolute atomic E-state index is 12.3. The first-order valence-electron chi connectivity index (χ1n) is 7.03. The zero-order chi connectivity index (χ0) is 13.9. The third kappa shape index (κ3) is 2.43. The van der Waals surface area contributed by atoms with Crippen molar-refractivity contribution in [1.82, 2.24) is 15.3 Å². The van der Waals surface area contributed by atoms with Gasteiger partial charge in [0.2, 0.25) is 5.43 Å². The highest BCUT2D eigenvalue weighted by molar-refractivity contribution is 5.96. The Kier molecular flexibility index (Phi) is 3.50. The minimum Gasteiger partial charge on any atom is -0.349 e. The Morgan fingerprint density at radius 3 is 2.90 bits per heavy atom. The topological polar surface area (TPSA) is 74.8 Å². The van der Waals surface area contributed by atoms with Crippen LogP contribution < -0.4 is 10.7 Å². The van der Waals surface area contributed by atoms with Crippen molar-refractivity contribution in [3.8, 4) is 0 Å². The number of carbonyl (C=O) groups is 1. The molecule has 1 fully saturated rings. The van der Waals surface area contributed by atoms with Gasteiger partial charge in [0.1, 0.15) is 11.2 Å². The molecule has 5 heteroatoms. The van der Waals surface area contributed by atoms with E-state index in [1.54, 1.807) is 18.3 Å². The van der Waals surface area contributed by atoms with Crippen molar-refractivity contribution in [2.24, 2.45) is 0 Å². The van der Waals surface area contributed by atoms with Crippen LogP contribution in [0.4, 0.5) is 0 Å². The standard InChI is InChI=1S/C15H17N3O2/c19-13-11-7-4-8-16-14(11)17-9-12(13)15(20)18-10-5-2-1-3-6-10/h4,7-10H,1-3,5-6H2,(H,18,20)(H,16,17,19). The summed E-state index contributed by atoms with van der Waals surface area (Å²) >= 11 is 0. The Morgan fingerprint density at radius 1 is 1.30 bits per heavy atom. The predicted octanol–water partition coefficient (Wildman–Crippen LogP) is 1.99. The zero-order valence-electron chi connectivity index (χ0n) is 11.2. The van der Waals surface area contributed by atoms with Gasteiger partial charge in [-0.05, 0) is 25.0 Å². The van der Waals surface area contributed by atoms with Gasteiger partial charge in [-0.25, -0.2) is 4.98 Å². The molecule has 1 aliphatic carbocycles. The summed E-state index contributed by atoms with van der Waals surface area (Å²) in [6.45, 7) is 0. The molecule has 1 aliphatic rings. The van der Waals surface area contributed by atoms with Gasteiger partial charge >= 0.3 is 0 Å². The van der Waals surface area contributed by atoms with Gasteiger partial charge in [-0.1, -0.05) is 19.3 Å². The minimum absolute atomic E-state index is 0.163. The molecule has 1 amide bonds. The molecule has 5 nitrogen and oxygen atoms in total. The summed E-state index contributed by atoms with van der Waals surface area (Å²) in [4.78, 5) is 31.5. The van der Waals surface area contributed by atoms with Crippen molar-refractivity contribution >= 4 is 16.9 Å². The Balaban J connectivity index is 1.87. The Morgan fingerprint density at radius 2 is 2.10 bits per heavy atom. The van der Waals surface area contributed by atoms with Crippen LogP contribution in [0.25, 0.3) is 11.0 Å². The number of hydrogen-bond acceptors (Lipinski definition) is 3. The summed E-state index contributed by atoms with van der Waals surface area (Å²) in [5.74, 6) is -0.288. The van der Waals surface area contributed by atoms with Gasteiger partial charge < -0.3 is 10.3 Å². The molecule has 2 aromatic rings. The lowest BCUT2D eigenvalue weighted by Gasteiger charge is -2.22. The highest BCUT2D eigenvalue weighted by Gasteiger charge is 2.19. The van der Waals surface area contributed by atoms with E-state index in [0.29, 0.717) is 11.0 Å². The van der Waals surface area contributed by atoms with Crippen LogP contribution >= 0.6 is 0 Å². The number of aromatic nitrogens is 2. The van der Waals surface area contributed by atoms with E-state index in [4.69, 9.17) is 0 Å². The fraction of sp³-hybridized carbons (Fsp3) is 0.400. The molecule has 0 atom stereocenters. The van der Waals surface area contributed by atoms with Crippen LogP contribution in [0.5, 0.6) is 0 Å². The monoisotopic (exact) mass is 271 g/mol. The number of carbonyl (C=O) groups excluding carboxylic acids is 1. The van der Waals surface area contributed by atoms with Gasteiger partial charge in [-0.15, -0.1) is 0 Å². The van der Waals surface area contributed by atoms with Crippen molar-refractivity contribution < 1.29 is 4.79 Å². The van der Waals surface area contributed by atoms with Crippen LogP contribution in [0.3, 0.4) is 0 Å². The largest absolute Gasteiger partial charge is 0.349 e.